The van der Waals surface area contributed by atoms with Crippen LogP contribution >= 0.6 is 0 Å². The lowest BCUT2D eigenvalue weighted by Crippen LogP contribution is -2.28. The lowest BCUT2D eigenvalue weighted by Gasteiger charge is -2.32. The molecular weight excluding hydrogens is 536 g/mol. The molecule has 1 aliphatic rings. The van der Waals surface area contributed by atoms with E-state index in [0.717, 1.165) is 37.7 Å². The highest BCUT2D eigenvalue weighted by Crippen LogP contribution is 2.36. The van der Waals surface area contributed by atoms with Gasteiger partial charge in [0.2, 0.25) is 0 Å². The molecule has 0 aliphatic heterocycles. The Morgan fingerprint density at radius 3 is 1.56 bits per heavy atom. The molecule has 5 nitrogen and oxygen atoms in total. The molecule has 3 rings (SSSR count). The summed E-state index contributed by atoms with van der Waals surface area (Å²) in [4.78, 5) is 22.5. The van der Waals surface area contributed by atoms with Gasteiger partial charge in [-0.3, -0.25) is 0 Å². The highest BCUT2D eigenvalue weighted by atomic mass is 16.5. The minimum Gasteiger partial charge on any atom is -0.478 e. The summed E-state index contributed by atoms with van der Waals surface area (Å²) in [5.41, 5.74) is 1.02. The summed E-state index contributed by atoms with van der Waals surface area (Å²) in [5.74, 6) is -1.13. The first-order chi connectivity index (χ1) is 21.0. The monoisotopic (exact) mass is 594 g/mol. The average molecular weight is 595 g/mol. The first-order valence-electron chi connectivity index (χ1n) is 17.2. The molecule has 0 saturated heterocycles. The number of carboxylic acid groups (broad SMARTS) is 1. The Balaban J connectivity index is 0.000000340. The summed E-state index contributed by atoms with van der Waals surface area (Å²) in [6, 6.07) is 15.8. The molecule has 0 bridgehead atoms. The minimum absolute atomic E-state index is 0.198. The van der Waals surface area contributed by atoms with Crippen LogP contribution in [-0.4, -0.2) is 28.8 Å². The second kappa shape index (κ2) is 22.8. The number of benzene rings is 2. The summed E-state index contributed by atoms with van der Waals surface area (Å²) >= 11 is 0. The maximum absolute atomic E-state index is 11.8. The van der Waals surface area contributed by atoms with Gasteiger partial charge in [0.1, 0.15) is 0 Å². The van der Waals surface area contributed by atoms with E-state index in [0.29, 0.717) is 12.2 Å². The van der Waals surface area contributed by atoms with Crippen molar-refractivity contribution in [3.8, 4) is 0 Å². The molecular formula is C38H58O5. The van der Waals surface area contributed by atoms with Crippen molar-refractivity contribution in [1.29, 1.82) is 0 Å². The zero-order chi connectivity index (χ0) is 31.0. The quantitative estimate of drug-likeness (QED) is 0.118. The van der Waals surface area contributed by atoms with Crippen molar-refractivity contribution >= 4 is 11.9 Å². The Bertz CT molecular complexity index is 979. The highest BCUT2D eigenvalue weighted by Gasteiger charge is 2.30. The van der Waals surface area contributed by atoms with Crippen LogP contribution in [0, 0.1) is 0 Å². The van der Waals surface area contributed by atoms with Crippen LogP contribution in [0.25, 0.3) is 0 Å². The SMILES string of the molecule is CCCCCCCCCCCCCCCCCCOC(=O)c1ccccc1.O=C(O)c1ccc(C2(O)CCCCC2)cc1. The highest BCUT2D eigenvalue weighted by molar-refractivity contribution is 5.89. The van der Waals surface area contributed by atoms with E-state index in [1.54, 1.807) is 36.4 Å². The summed E-state index contributed by atoms with van der Waals surface area (Å²) in [6.07, 6.45) is 26.5. The van der Waals surface area contributed by atoms with Gasteiger partial charge < -0.3 is 14.9 Å². The predicted octanol–water partition coefficient (Wildman–Crippen LogP) is 10.6. The Labute approximate surface area is 261 Å². The van der Waals surface area contributed by atoms with Crippen LogP contribution in [0.3, 0.4) is 0 Å². The molecule has 1 aliphatic carbocycles. The van der Waals surface area contributed by atoms with E-state index in [1.165, 1.54) is 103 Å². The molecule has 240 valence electrons. The number of rotatable bonds is 20. The molecule has 43 heavy (non-hydrogen) atoms. The van der Waals surface area contributed by atoms with Crippen LogP contribution in [-0.2, 0) is 10.3 Å². The van der Waals surface area contributed by atoms with Crippen molar-refractivity contribution in [2.24, 2.45) is 0 Å². The number of carbonyl (C=O) groups is 2. The number of carbonyl (C=O) groups excluding carboxylic acids is 1. The minimum atomic E-state index is -0.929. The fourth-order valence-electron chi connectivity index (χ4n) is 5.82. The maximum atomic E-state index is 11.8. The number of aliphatic hydroxyl groups is 1. The van der Waals surface area contributed by atoms with Gasteiger partial charge in [0, 0.05) is 0 Å². The first-order valence-corrected chi connectivity index (χ1v) is 17.2. The van der Waals surface area contributed by atoms with Crippen molar-refractivity contribution in [2.75, 3.05) is 6.61 Å². The molecule has 0 aromatic heterocycles. The van der Waals surface area contributed by atoms with Crippen LogP contribution in [0.2, 0.25) is 0 Å². The fourth-order valence-corrected chi connectivity index (χ4v) is 5.82. The van der Waals surface area contributed by atoms with E-state index >= 15 is 0 Å². The number of carboxylic acids is 1. The average Bonchev–Trinajstić information content (AvgIpc) is 3.03. The lowest BCUT2D eigenvalue weighted by molar-refractivity contribution is -0.000677. The number of ether oxygens (including phenoxy) is 1. The smallest absolute Gasteiger partial charge is 0.338 e. The van der Waals surface area contributed by atoms with E-state index in [-0.39, 0.29) is 11.5 Å². The number of aromatic carboxylic acids is 1. The van der Waals surface area contributed by atoms with Crippen LogP contribution in [0.1, 0.15) is 168 Å². The van der Waals surface area contributed by atoms with Gasteiger partial charge in [-0.25, -0.2) is 9.59 Å². The third-order valence-corrected chi connectivity index (χ3v) is 8.59. The molecule has 2 aromatic carbocycles. The van der Waals surface area contributed by atoms with Gasteiger partial charge in [-0.1, -0.05) is 153 Å². The topological polar surface area (TPSA) is 83.8 Å². The zero-order valence-corrected chi connectivity index (χ0v) is 26.9. The van der Waals surface area contributed by atoms with Gasteiger partial charge in [0.05, 0.1) is 23.3 Å². The Morgan fingerprint density at radius 2 is 1.09 bits per heavy atom. The normalized spacial score (nSPS) is 14.0. The molecule has 2 N–H and O–H groups in total. The van der Waals surface area contributed by atoms with Crippen LogP contribution < -0.4 is 0 Å². The number of hydrogen-bond donors (Lipinski definition) is 2. The first kappa shape index (κ1) is 36.5. The van der Waals surface area contributed by atoms with Crippen LogP contribution in [0.15, 0.2) is 54.6 Å². The van der Waals surface area contributed by atoms with E-state index in [2.05, 4.69) is 6.92 Å². The third-order valence-electron chi connectivity index (χ3n) is 8.59. The van der Waals surface area contributed by atoms with E-state index in [9.17, 15) is 14.7 Å². The van der Waals surface area contributed by atoms with Crippen molar-refractivity contribution in [3.05, 3.63) is 71.3 Å². The fraction of sp³-hybridized carbons (Fsp3) is 0.632. The van der Waals surface area contributed by atoms with Gasteiger partial charge in [-0.05, 0) is 49.1 Å². The summed E-state index contributed by atoms with van der Waals surface area (Å²) in [7, 11) is 0. The van der Waals surface area contributed by atoms with Gasteiger partial charge in [-0.2, -0.15) is 0 Å². The van der Waals surface area contributed by atoms with Crippen molar-refractivity contribution in [3.63, 3.8) is 0 Å². The molecule has 2 aromatic rings. The van der Waals surface area contributed by atoms with E-state index in [1.807, 2.05) is 18.2 Å². The molecule has 1 saturated carbocycles. The van der Waals surface area contributed by atoms with Crippen LogP contribution in [0.5, 0.6) is 0 Å². The molecule has 0 atom stereocenters. The van der Waals surface area contributed by atoms with Gasteiger partial charge >= 0.3 is 11.9 Å². The largest absolute Gasteiger partial charge is 0.478 e. The Morgan fingerprint density at radius 1 is 0.628 bits per heavy atom. The Kier molecular flexibility index (Phi) is 19.4. The standard InChI is InChI=1S/C25H42O2.C13H16O3/c1-2-3-4-5-6-7-8-9-10-11-12-13-14-15-16-20-23-27-25(26)24-21-18-17-19-22-24;14-12(15)10-4-6-11(7-5-10)13(16)8-2-1-3-9-13/h17-19,21-22H,2-16,20,23H2,1H3;4-7,16H,1-3,8-9H2,(H,14,15). The molecule has 0 spiro atoms. The van der Waals surface area contributed by atoms with Gasteiger partial charge in [0.15, 0.2) is 0 Å². The summed E-state index contributed by atoms with van der Waals surface area (Å²) < 4.78 is 5.31. The summed E-state index contributed by atoms with van der Waals surface area (Å²) in [5, 5.41) is 19.2. The van der Waals surface area contributed by atoms with Gasteiger partial charge in [0.25, 0.3) is 0 Å². The number of hydrogen-bond acceptors (Lipinski definition) is 4. The number of esters is 1. The Hall–Kier alpha value is -2.66. The molecule has 5 heteroatoms. The third kappa shape index (κ3) is 16.1. The second-order valence-corrected chi connectivity index (χ2v) is 12.3. The van der Waals surface area contributed by atoms with E-state index < -0.39 is 11.6 Å². The van der Waals surface area contributed by atoms with Crippen molar-refractivity contribution in [2.45, 2.75) is 147 Å². The lowest BCUT2D eigenvalue weighted by atomic mass is 9.79. The van der Waals surface area contributed by atoms with Crippen molar-refractivity contribution < 1.29 is 24.5 Å². The maximum Gasteiger partial charge on any atom is 0.338 e. The van der Waals surface area contributed by atoms with E-state index in [4.69, 9.17) is 9.84 Å². The molecule has 0 amide bonds. The van der Waals surface area contributed by atoms with Crippen LogP contribution in [0.4, 0.5) is 0 Å². The number of unbranched alkanes of at least 4 members (excludes halogenated alkanes) is 15. The summed E-state index contributed by atoms with van der Waals surface area (Å²) in [6.45, 7) is 2.83. The second-order valence-electron chi connectivity index (χ2n) is 12.3. The zero-order valence-electron chi connectivity index (χ0n) is 26.9. The predicted molar refractivity (Wildman–Crippen MR) is 177 cm³/mol. The van der Waals surface area contributed by atoms with Crippen molar-refractivity contribution in [1.82, 2.24) is 0 Å². The molecule has 0 heterocycles. The molecule has 0 radical (unpaired) electrons. The molecule has 0 unspecified atom stereocenters. The molecule has 1 fully saturated rings. The van der Waals surface area contributed by atoms with Gasteiger partial charge in [-0.15, -0.1) is 0 Å².